The van der Waals surface area contributed by atoms with Gasteiger partial charge in [0.1, 0.15) is 0 Å². The molecule has 1 aliphatic carbocycles. The van der Waals surface area contributed by atoms with Crippen molar-refractivity contribution in [2.75, 3.05) is 5.32 Å². The lowest BCUT2D eigenvalue weighted by molar-refractivity contribution is 0.643. The topological polar surface area (TPSA) is 42.7 Å². The minimum atomic E-state index is -0.332. The molecule has 6 aromatic carbocycles. The first-order valence-electron chi connectivity index (χ1n) is 16.8. The second-order valence-electron chi connectivity index (χ2n) is 13.0. The standard InChI is InChI=1S/C45H34N4/c1-45(27-25-33(26-28-45)44-43(32-17-7-3-8-18-32)46-38-22-12-13-23-39(38)47-44)48-40-30-42-37(29-36(40)31-15-5-2-6-16-31)35-21-11-14-24-41(35)49(42)34-19-9-4-10-20-34/h2-27,29-30,48H,28H2,1H3. The van der Waals surface area contributed by atoms with Gasteiger partial charge >= 0.3 is 0 Å². The molecule has 0 saturated heterocycles. The largest absolute Gasteiger partial charge is 0.376 e. The highest BCUT2D eigenvalue weighted by Gasteiger charge is 2.27. The molecule has 4 heteroatoms. The van der Waals surface area contributed by atoms with Gasteiger partial charge in [0.05, 0.1) is 39.0 Å². The minimum absolute atomic E-state index is 0.332. The van der Waals surface area contributed by atoms with Crippen LogP contribution in [-0.2, 0) is 0 Å². The second kappa shape index (κ2) is 11.8. The van der Waals surface area contributed by atoms with Crippen LogP contribution in [0.15, 0.2) is 170 Å². The highest BCUT2D eigenvalue weighted by molar-refractivity contribution is 6.12. The van der Waals surface area contributed by atoms with Crippen molar-refractivity contribution < 1.29 is 0 Å². The average Bonchev–Trinajstić information content (AvgIpc) is 3.48. The third-order valence-corrected chi connectivity index (χ3v) is 9.60. The van der Waals surface area contributed by atoms with Crippen molar-refractivity contribution in [2.24, 2.45) is 0 Å². The highest BCUT2D eigenvalue weighted by Crippen LogP contribution is 2.41. The zero-order chi connectivity index (χ0) is 32.8. The predicted octanol–water partition coefficient (Wildman–Crippen LogP) is 11.3. The van der Waals surface area contributed by atoms with E-state index in [1.54, 1.807) is 0 Å². The van der Waals surface area contributed by atoms with Crippen LogP contribution >= 0.6 is 0 Å². The van der Waals surface area contributed by atoms with Crippen LogP contribution in [0.25, 0.3) is 66.5 Å². The first kappa shape index (κ1) is 28.9. The predicted molar refractivity (Wildman–Crippen MR) is 205 cm³/mol. The Morgan fingerprint density at radius 1 is 0.592 bits per heavy atom. The number of anilines is 1. The van der Waals surface area contributed by atoms with Gasteiger partial charge in [0.15, 0.2) is 0 Å². The van der Waals surface area contributed by atoms with Gasteiger partial charge in [-0.25, -0.2) is 9.97 Å². The number of nitrogens with zero attached hydrogens (tertiary/aromatic N) is 3. The van der Waals surface area contributed by atoms with E-state index < -0.39 is 0 Å². The van der Waals surface area contributed by atoms with Crippen molar-refractivity contribution in [1.29, 1.82) is 0 Å². The Hall–Kier alpha value is -6.26. The summed E-state index contributed by atoms with van der Waals surface area (Å²) in [7, 11) is 0. The Labute approximate surface area is 285 Å². The molecule has 1 unspecified atom stereocenters. The van der Waals surface area contributed by atoms with Crippen molar-refractivity contribution >= 4 is 44.1 Å². The first-order valence-corrected chi connectivity index (χ1v) is 16.8. The van der Waals surface area contributed by atoms with Crippen LogP contribution in [0.4, 0.5) is 5.69 Å². The minimum Gasteiger partial charge on any atom is -0.376 e. The molecule has 0 spiro atoms. The number of hydrogen-bond donors (Lipinski definition) is 1. The van der Waals surface area contributed by atoms with Crippen LogP contribution in [-0.4, -0.2) is 20.1 Å². The van der Waals surface area contributed by atoms with Gasteiger partial charge in [-0.3, -0.25) is 0 Å². The average molecular weight is 631 g/mol. The molecule has 4 nitrogen and oxygen atoms in total. The smallest absolute Gasteiger partial charge is 0.0972 e. The molecule has 2 heterocycles. The summed E-state index contributed by atoms with van der Waals surface area (Å²) in [6.07, 6.45) is 7.60. The molecule has 9 rings (SSSR count). The van der Waals surface area contributed by atoms with Crippen LogP contribution in [0.5, 0.6) is 0 Å². The van der Waals surface area contributed by atoms with E-state index in [0.717, 1.165) is 51.4 Å². The summed E-state index contributed by atoms with van der Waals surface area (Å²) in [5, 5.41) is 6.48. The lowest BCUT2D eigenvalue weighted by Gasteiger charge is -2.32. The molecule has 0 radical (unpaired) electrons. The van der Waals surface area contributed by atoms with Crippen molar-refractivity contribution in [3.05, 3.63) is 176 Å². The monoisotopic (exact) mass is 630 g/mol. The van der Waals surface area contributed by atoms with Gasteiger partial charge in [-0.05, 0) is 66.9 Å². The second-order valence-corrected chi connectivity index (χ2v) is 13.0. The number of hydrogen-bond acceptors (Lipinski definition) is 3. The van der Waals surface area contributed by atoms with Crippen LogP contribution in [0, 0.1) is 0 Å². The van der Waals surface area contributed by atoms with Crippen LogP contribution in [0.1, 0.15) is 19.0 Å². The molecule has 234 valence electrons. The number of aromatic nitrogens is 3. The normalized spacial score (nSPS) is 15.9. The molecule has 0 bridgehead atoms. The molecule has 8 aromatic rings. The SMILES string of the molecule is CC1(Nc2cc3c(cc2-c2ccccc2)c2ccccc2n3-c2ccccc2)C=CC(c2nc3ccccc3nc2-c2ccccc2)=CC1. The highest BCUT2D eigenvalue weighted by atomic mass is 15.0. The summed E-state index contributed by atoms with van der Waals surface area (Å²) in [6, 6.07) is 53.2. The number of rotatable bonds is 6. The maximum Gasteiger partial charge on any atom is 0.0972 e. The van der Waals surface area contributed by atoms with Gasteiger partial charge in [0.25, 0.3) is 0 Å². The maximum absolute atomic E-state index is 5.15. The summed E-state index contributed by atoms with van der Waals surface area (Å²) < 4.78 is 2.38. The van der Waals surface area contributed by atoms with Gasteiger partial charge in [0.2, 0.25) is 0 Å². The summed E-state index contributed by atoms with van der Waals surface area (Å²) in [4.78, 5) is 10.2. The number of allylic oxidation sites excluding steroid dienone is 2. The van der Waals surface area contributed by atoms with Crippen LogP contribution in [0.2, 0.25) is 0 Å². The first-order chi connectivity index (χ1) is 24.1. The van der Waals surface area contributed by atoms with Crippen molar-refractivity contribution in [3.8, 4) is 28.1 Å². The van der Waals surface area contributed by atoms with E-state index in [-0.39, 0.29) is 5.54 Å². The molecule has 1 aliphatic rings. The molecule has 1 atom stereocenters. The molecular formula is C45H34N4. The van der Waals surface area contributed by atoms with Gasteiger partial charge in [-0.2, -0.15) is 0 Å². The molecule has 0 amide bonds. The number of fused-ring (bicyclic) bond motifs is 4. The fraction of sp³-hybridized carbons (Fsp3) is 0.0667. The quantitative estimate of drug-likeness (QED) is 0.199. The number of benzene rings is 6. The Bertz CT molecular complexity index is 2550. The Kier molecular flexibility index (Phi) is 6.94. The van der Waals surface area contributed by atoms with Crippen molar-refractivity contribution in [2.45, 2.75) is 18.9 Å². The Balaban J connectivity index is 1.15. The maximum atomic E-state index is 5.15. The van der Waals surface area contributed by atoms with Crippen molar-refractivity contribution in [3.63, 3.8) is 0 Å². The zero-order valence-electron chi connectivity index (χ0n) is 27.2. The van der Waals surface area contributed by atoms with E-state index in [1.807, 2.05) is 30.3 Å². The number of para-hydroxylation sites is 4. The molecule has 0 fully saturated rings. The van der Waals surface area contributed by atoms with E-state index in [2.05, 4.69) is 156 Å². The third kappa shape index (κ3) is 5.19. The fourth-order valence-electron chi connectivity index (χ4n) is 7.14. The Morgan fingerprint density at radius 2 is 1.20 bits per heavy atom. The summed E-state index contributed by atoms with van der Waals surface area (Å²) in [5.74, 6) is 0. The van der Waals surface area contributed by atoms with Crippen molar-refractivity contribution in [1.82, 2.24) is 14.5 Å². The zero-order valence-corrected chi connectivity index (χ0v) is 27.2. The van der Waals surface area contributed by atoms with E-state index >= 15 is 0 Å². The van der Waals surface area contributed by atoms with E-state index in [1.165, 1.54) is 32.9 Å². The molecule has 2 aromatic heterocycles. The third-order valence-electron chi connectivity index (χ3n) is 9.60. The lowest BCUT2D eigenvalue weighted by Crippen LogP contribution is -2.33. The lowest BCUT2D eigenvalue weighted by atomic mass is 9.87. The molecule has 1 N–H and O–H groups in total. The van der Waals surface area contributed by atoms with Gasteiger partial charge in [-0.1, -0.05) is 127 Å². The summed E-state index contributed by atoms with van der Waals surface area (Å²) >= 11 is 0. The molecule has 0 aliphatic heterocycles. The Morgan fingerprint density at radius 3 is 1.90 bits per heavy atom. The van der Waals surface area contributed by atoms with Crippen LogP contribution in [0.3, 0.4) is 0 Å². The van der Waals surface area contributed by atoms with Crippen LogP contribution < -0.4 is 5.32 Å². The summed E-state index contributed by atoms with van der Waals surface area (Å²) in [5.41, 5.74) is 12.4. The van der Waals surface area contributed by atoms with E-state index in [4.69, 9.17) is 9.97 Å². The summed E-state index contributed by atoms with van der Waals surface area (Å²) in [6.45, 7) is 2.27. The molecule has 0 saturated carbocycles. The fourth-order valence-corrected chi connectivity index (χ4v) is 7.14. The van der Waals surface area contributed by atoms with E-state index in [9.17, 15) is 0 Å². The molecule has 49 heavy (non-hydrogen) atoms. The van der Waals surface area contributed by atoms with Gasteiger partial charge in [0, 0.05) is 33.3 Å². The van der Waals surface area contributed by atoms with E-state index in [0.29, 0.717) is 0 Å². The van der Waals surface area contributed by atoms with Gasteiger partial charge in [-0.15, -0.1) is 0 Å². The van der Waals surface area contributed by atoms with Gasteiger partial charge < -0.3 is 9.88 Å². The molecular weight excluding hydrogens is 597 g/mol. The number of nitrogens with one attached hydrogen (secondary N) is 1.